The lowest BCUT2D eigenvalue weighted by molar-refractivity contribution is 0.0933. The molecule has 1 aliphatic heterocycles. The maximum atomic E-state index is 12.2. The molecule has 0 aliphatic carbocycles. The van der Waals surface area contributed by atoms with E-state index in [1.54, 1.807) is 6.07 Å². The topological polar surface area (TPSA) is 91.9 Å². The number of H-pyrrole nitrogens is 1. The predicted octanol–water partition coefficient (Wildman–Crippen LogP) is 2.15. The molecule has 122 valence electrons. The molecule has 1 aromatic carbocycles. The number of halogens is 1. The van der Waals surface area contributed by atoms with Crippen molar-refractivity contribution in [2.24, 2.45) is 0 Å². The molecule has 1 aliphatic rings. The van der Waals surface area contributed by atoms with Crippen LogP contribution in [0.25, 0.3) is 11.3 Å². The fourth-order valence-electron chi connectivity index (χ4n) is 2.61. The van der Waals surface area contributed by atoms with Crippen molar-refractivity contribution in [2.75, 3.05) is 11.5 Å². The van der Waals surface area contributed by atoms with Crippen LogP contribution in [-0.2, 0) is 9.84 Å². The molecule has 3 rings (SSSR count). The van der Waals surface area contributed by atoms with Gasteiger partial charge in [0.15, 0.2) is 9.84 Å². The SMILES string of the molecule is O=C(NC1CCCS(=O)(=O)C1)c1cc(-c2ccc(Br)cc2)n[nH]1. The Morgan fingerprint density at radius 1 is 1.30 bits per heavy atom. The second kappa shape index (κ2) is 6.45. The summed E-state index contributed by atoms with van der Waals surface area (Å²) in [6.07, 6.45) is 1.26. The van der Waals surface area contributed by atoms with E-state index in [0.717, 1.165) is 10.0 Å². The van der Waals surface area contributed by atoms with Crippen LogP contribution in [-0.4, -0.2) is 42.1 Å². The smallest absolute Gasteiger partial charge is 0.269 e. The van der Waals surface area contributed by atoms with Crippen LogP contribution in [0.3, 0.4) is 0 Å². The molecule has 8 heteroatoms. The molecule has 0 spiro atoms. The highest BCUT2D eigenvalue weighted by Crippen LogP contribution is 2.20. The highest BCUT2D eigenvalue weighted by atomic mass is 79.9. The van der Waals surface area contributed by atoms with Crippen LogP contribution in [0.2, 0.25) is 0 Å². The predicted molar refractivity (Wildman–Crippen MR) is 90.9 cm³/mol. The first-order valence-corrected chi connectivity index (χ1v) is 9.87. The van der Waals surface area contributed by atoms with Gasteiger partial charge in [0, 0.05) is 16.1 Å². The average molecular weight is 398 g/mol. The lowest BCUT2D eigenvalue weighted by Gasteiger charge is -2.22. The van der Waals surface area contributed by atoms with Gasteiger partial charge in [-0.05, 0) is 31.0 Å². The van der Waals surface area contributed by atoms with Gasteiger partial charge < -0.3 is 5.32 Å². The molecule has 1 saturated heterocycles. The van der Waals surface area contributed by atoms with Gasteiger partial charge in [0.2, 0.25) is 0 Å². The Morgan fingerprint density at radius 2 is 2.04 bits per heavy atom. The van der Waals surface area contributed by atoms with Crippen LogP contribution in [0.1, 0.15) is 23.3 Å². The van der Waals surface area contributed by atoms with E-state index in [9.17, 15) is 13.2 Å². The first-order valence-electron chi connectivity index (χ1n) is 7.25. The second-order valence-electron chi connectivity index (χ2n) is 5.60. The number of sulfone groups is 1. The maximum Gasteiger partial charge on any atom is 0.269 e. The van der Waals surface area contributed by atoms with Gasteiger partial charge in [-0.25, -0.2) is 8.42 Å². The van der Waals surface area contributed by atoms with Gasteiger partial charge in [0.05, 0.1) is 17.2 Å². The molecular formula is C15H16BrN3O3S. The van der Waals surface area contributed by atoms with E-state index in [1.807, 2.05) is 24.3 Å². The van der Waals surface area contributed by atoms with Crippen molar-refractivity contribution < 1.29 is 13.2 Å². The number of hydrogen-bond acceptors (Lipinski definition) is 4. The maximum absolute atomic E-state index is 12.2. The molecule has 1 aromatic heterocycles. The van der Waals surface area contributed by atoms with E-state index in [2.05, 4.69) is 31.4 Å². The molecule has 1 atom stereocenters. The molecule has 6 nitrogen and oxygen atoms in total. The molecular weight excluding hydrogens is 382 g/mol. The first-order chi connectivity index (χ1) is 10.9. The molecule has 0 radical (unpaired) electrons. The minimum absolute atomic E-state index is 0.00640. The van der Waals surface area contributed by atoms with Crippen LogP contribution in [0.5, 0.6) is 0 Å². The van der Waals surface area contributed by atoms with E-state index in [4.69, 9.17) is 0 Å². The van der Waals surface area contributed by atoms with Crippen LogP contribution >= 0.6 is 15.9 Å². The van der Waals surface area contributed by atoms with E-state index in [0.29, 0.717) is 24.2 Å². The van der Waals surface area contributed by atoms with Crippen LogP contribution in [0.15, 0.2) is 34.8 Å². The standard InChI is InChI=1S/C15H16BrN3O3S/c16-11-5-3-10(4-6-11)13-8-14(19-18-13)15(20)17-12-2-1-7-23(21,22)9-12/h3-6,8,12H,1-2,7,9H2,(H,17,20)(H,18,19). The number of carbonyl (C=O) groups excluding carboxylic acids is 1. The van der Waals surface area contributed by atoms with Crippen molar-refractivity contribution in [1.29, 1.82) is 0 Å². The highest BCUT2D eigenvalue weighted by Gasteiger charge is 2.26. The van der Waals surface area contributed by atoms with Crippen molar-refractivity contribution >= 4 is 31.7 Å². The zero-order chi connectivity index (χ0) is 16.4. The Hall–Kier alpha value is -1.67. The van der Waals surface area contributed by atoms with Crippen LogP contribution in [0.4, 0.5) is 0 Å². The van der Waals surface area contributed by atoms with Crippen LogP contribution < -0.4 is 5.32 Å². The molecule has 0 saturated carbocycles. The first kappa shape index (κ1) is 16.2. The summed E-state index contributed by atoms with van der Waals surface area (Å²) in [4.78, 5) is 12.2. The summed E-state index contributed by atoms with van der Waals surface area (Å²) in [6, 6.07) is 8.93. The molecule has 1 amide bonds. The third-order valence-corrected chi connectivity index (χ3v) is 6.11. The third-order valence-electron chi connectivity index (χ3n) is 3.76. The average Bonchev–Trinajstić information content (AvgIpc) is 2.97. The molecule has 2 N–H and O–H groups in total. The fraction of sp³-hybridized carbons (Fsp3) is 0.333. The Labute approximate surface area is 142 Å². The van der Waals surface area contributed by atoms with Gasteiger partial charge in [-0.2, -0.15) is 5.10 Å². The summed E-state index contributed by atoms with van der Waals surface area (Å²) in [5, 5.41) is 9.61. The Balaban J connectivity index is 1.70. The number of nitrogens with zero attached hydrogens (tertiary/aromatic N) is 1. The number of benzene rings is 1. The van der Waals surface area contributed by atoms with E-state index in [1.165, 1.54) is 0 Å². The molecule has 1 unspecified atom stereocenters. The third kappa shape index (κ3) is 4.00. The summed E-state index contributed by atoms with van der Waals surface area (Å²) in [7, 11) is -3.05. The number of carbonyl (C=O) groups is 1. The van der Waals surface area contributed by atoms with Crippen molar-refractivity contribution in [1.82, 2.24) is 15.5 Å². The Bertz CT molecular complexity index is 815. The number of amides is 1. The number of hydrogen-bond donors (Lipinski definition) is 2. The Kier molecular flexibility index (Phi) is 4.54. The van der Waals surface area contributed by atoms with Crippen LogP contribution in [0, 0.1) is 0 Å². The van der Waals surface area contributed by atoms with Gasteiger partial charge in [0.1, 0.15) is 5.69 Å². The summed E-state index contributed by atoms with van der Waals surface area (Å²) in [6.45, 7) is 0. The van der Waals surface area contributed by atoms with Crippen molar-refractivity contribution in [3.63, 3.8) is 0 Å². The molecule has 1 fully saturated rings. The van der Waals surface area contributed by atoms with Crippen molar-refractivity contribution in [3.05, 3.63) is 40.5 Å². The van der Waals surface area contributed by atoms with Gasteiger partial charge in [-0.3, -0.25) is 9.89 Å². The molecule has 0 bridgehead atoms. The largest absolute Gasteiger partial charge is 0.347 e. The van der Waals surface area contributed by atoms with Crippen molar-refractivity contribution in [3.8, 4) is 11.3 Å². The van der Waals surface area contributed by atoms with E-state index in [-0.39, 0.29) is 23.5 Å². The zero-order valence-corrected chi connectivity index (χ0v) is 14.7. The second-order valence-corrected chi connectivity index (χ2v) is 8.75. The van der Waals surface area contributed by atoms with Gasteiger partial charge >= 0.3 is 0 Å². The van der Waals surface area contributed by atoms with Crippen molar-refractivity contribution in [2.45, 2.75) is 18.9 Å². The normalized spacial score (nSPS) is 20.1. The summed E-state index contributed by atoms with van der Waals surface area (Å²) in [5.41, 5.74) is 1.88. The summed E-state index contributed by atoms with van der Waals surface area (Å²) < 4.78 is 24.2. The number of aromatic nitrogens is 2. The number of rotatable bonds is 3. The fourth-order valence-corrected chi connectivity index (χ4v) is 4.51. The van der Waals surface area contributed by atoms with E-state index < -0.39 is 9.84 Å². The molecule has 2 heterocycles. The van der Waals surface area contributed by atoms with E-state index >= 15 is 0 Å². The molecule has 2 aromatic rings. The summed E-state index contributed by atoms with van der Waals surface area (Å²) >= 11 is 3.37. The molecule has 23 heavy (non-hydrogen) atoms. The van der Waals surface area contributed by atoms with Gasteiger partial charge in [-0.15, -0.1) is 0 Å². The number of aromatic amines is 1. The lowest BCUT2D eigenvalue weighted by atomic mass is 10.1. The Morgan fingerprint density at radius 3 is 2.74 bits per heavy atom. The lowest BCUT2D eigenvalue weighted by Crippen LogP contribution is -2.43. The quantitative estimate of drug-likeness (QED) is 0.829. The zero-order valence-electron chi connectivity index (χ0n) is 12.3. The number of nitrogens with one attached hydrogen (secondary N) is 2. The minimum atomic E-state index is -3.05. The minimum Gasteiger partial charge on any atom is -0.347 e. The van der Waals surface area contributed by atoms with Gasteiger partial charge in [0.25, 0.3) is 5.91 Å². The van der Waals surface area contributed by atoms with Gasteiger partial charge in [-0.1, -0.05) is 28.1 Å². The highest BCUT2D eigenvalue weighted by molar-refractivity contribution is 9.10. The summed E-state index contributed by atoms with van der Waals surface area (Å²) in [5.74, 6) is -0.119. The monoisotopic (exact) mass is 397 g/mol.